The van der Waals surface area contributed by atoms with Crippen molar-refractivity contribution >= 4 is 11.4 Å². The molecule has 1 heterocycles. The van der Waals surface area contributed by atoms with Gasteiger partial charge in [0.05, 0.1) is 43.6 Å². The van der Waals surface area contributed by atoms with Gasteiger partial charge in [0.15, 0.2) is 0 Å². The Morgan fingerprint density at radius 1 is 0.828 bits per heavy atom. The predicted molar refractivity (Wildman–Crippen MR) is 116 cm³/mol. The summed E-state index contributed by atoms with van der Waals surface area (Å²) in [5.74, 6) is 0.387. The average molecular weight is 388 g/mol. The van der Waals surface area contributed by atoms with Gasteiger partial charge in [0, 0.05) is 17.8 Å². The van der Waals surface area contributed by atoms with Crippen LogP contribution in [0.15, 0.2) is 84.9 Å². The standard InChI is InChI=1S/C24H25N3O2/c28-27(29)23-13-11-22(12-14-23)26-17-15-25(16-18-26)19-24(20-7-3-1-4-8-20)21-9-5-2-6-10-21/h1-14,24H,15-19H2/p+1. The van der Waals surface area contributed by atoms with E-state index in [4.69, 9.17) is 0 Å². The number of nitrogens with zero attached hydrogens (tertiary/aromatic N) is 2. The van der Waals surface area contributed by atoms with Crippen LogP contribution in [0.3, 0.4) is 0 Å². The molecule has 0 aliphatic carbocycles. The maximum absolute atomic E-state index is 10.9. The number of nitro groups is 1. The number of hydrogen-bond acceptors (Lipinski definition) is 3. The van der Waals surface area contributed by atoms with E-state index in [1.54, 1.807) is 17.0 Å². The molecule has 0 aromatic heterocycles. The molecule has 0 radical (unpaired) electrons. The molecule has 1 fully saturated rings. The fraction of sp³-hybridized carbons (Fsp3) is 0.250. The summed E-state index contributed by atoms with van der Waals surface area (Å²) >= 11 is 0. The van der Waals surface area contributed by atoms with E-state index in [1.165, 1.54) is 11.1 Å². The van der Waals surface area contributed by atoms with Crippen molar-refractivity contribution < 1.29 is 9.82 Å². The Morgan fingerprint density at radius 2 is 1.34 bits per heavy atom. The lowest BCUT2D eigenvalue weighted by Gasteiger charge is -2.35. The number of anilines is 1. The van der Waals surface area contributed by atoms with Crippen molar-refractivity contribution in [3.63, 3.8) is 0 Å². The number of benzene rings is 3. The number of nitrogens with one attached hydrogen (secondary N) is 1. The normalized spacial score (nSPS) is 14.9. The van der Waals surface area contributed by atoms with E-state index >= 15 is 0 Å². The van der Waals surface area contributed by atoms with Crippen LogP contribution in [-0.4, -0.2) is 37.6 Å². The molecule has 3 aromatic rings. The number of hydrogen-bond donors (Lipinski definition) is 1. The molecule has 0 bridgehead atoms. The van der Waals surface area contributed by atoms with Gasteiger partial charge < -0.3 is 9.80 Å². The lowest BCUT2D eigenvalue weighted by Crippen LogP contribution is -3.15. The van der Waals surface area contributed by atoms with Crippen LogP contribution in [0.2, 0.25) is 0 Å². The predicted octanol–water partition coefficient (Wildman–Crippen LogP) is 3.13. The first-order valence-electron chi connectivity index (χ1n) is 10.1. The summed E-state index contributed by atoms with van der Waals surface area (Å²) in [6, 6.07) is 28.4. The zero-order chi connectivity index (χ0) is 20.1. The van der Waals surface area contributed by atoms with Gasteiger partial charge in [-0.25, -0.2) is 0 Å². The number of non-ortho nitro benzene ring substituents is 1. The first-order chi connectivity index (χ1) is 14.2. The molecule has 148 valence electrons. The summed E-state index contributed by atoms with van der Waals surface area (Å²) in [5.41, 5.74) is 3.94. The molecule has 0 spiro atoms. The van der Waals surface area contributed by atoms with E-state index in [1.807, 2.05) is 12.1 Å². The summed E-state index contributed by atoms with van der Waals surface area (Å²) in [7, 11) is 0. The largest absolute Gasteiger partial charge is 0.360 e. The van der Waals surface area contributed by atoms with Gasteiger partial charge >= 0.3 is 0 Å². The van der Waals surface area contributed by atoms with Crippen LogP contribution in [0.5, 0.6) is 0 Å². The lowest BCUT2D eigenvalue weighted by atomic mass is 9.90. The highest BCUT2D eigenvalue weighted by Crippen LogP contribution is 2.23. The highest BCUT2D eigenvalue weighted by atomic mass is 16.6. The Kier molecular flexibility index (Phi) is 5.86. The highest BCUT2D eigenvalue weighted by Gasteiger charge is 2.25. The maximum atomic E-state index is 10.9. The molecule has 0 amide bonds. The molecule has 1 N–H and O–H groups in total. The Hall–Kier alpha value is -3.18. The quantitative estimate of drug-likeness (QED) is 0.521. The van der Waals surface area contributed by atoms with Crippen LogP contribution >= 0.6 is 0 Å². The van der Waals surface area contributed by atoms with Crippen molar-refractivity contribution in [2.75, 3.05) is 37.6 Å². The van der Waals surface area contributed by atoms with Crippen LogP contribution in [0.25, 0.3) is 0 Å². The van der Waals surface area contributed by atoms with Gasteiger partial charge in [0.1, 0.15) is 0 Å². The third kappa shape index (κ3) is 4.63. The molecule has 1 aliphatic heterocycles. The SMILES string of the molecule is O=[N+]([O-])c1ccc(N2CC[NH+](CC(c3ccccc3)c3ccccc3)CC2)cc1. The summed E-state index contributed by atoms with van der Waals surface area (Å²) in [6.45, 7) is 5.12. The van der Waals surface area contributed by atoms with E-state index in [9.17, 15) is 10.1 Å². The van der Waals surface area contributed by atoms with Crippen LogP contribution in [0.1, 0.15) is 17.0 Å². The number of quaternary nitrogens is 1. The molecule has 0 unspecified atom stereocenters. The lowest BCUT2D eigenvalue weighted by molar-refractivity contribution is -0.901. The molecule has 1 aliphatic rings. The van der Waals surface area contributed by atoms with Gasteiger partial charge in [-0.1, -0.05) is 60.7 Å². The smallest absolute Gasteiger partial charge is 0.269 e. The Labute approximate surface area is 171 Å². The highest BCUT2D eigenvalue weighted by molar-refractivity contribution is 5.51. The molecule has 1 saturated heterocycles. The Balaban J connectivity index is 1.42. The van der Waals surface area contributed by atoms with Crippen LogP contribution in [-0.2, 0) is 0 Å². The Bertz CT molecular complexity index is 882. The molecule has 29 heavy (non-hydrogen) atoms. The zero-order valence-electron chi connectivity index (χ0n) is 16.4. The van der Waals surface area contributed by atoms with E-state index in [0.717, 1.165) is 38.4 Å². The monoisotopic (exact) mass is 388 g/mol. The maximum Gasteiger partial charge on any atom is 0.269 e. The summed E-state index contributed by atoms with van der Waals surface area (Å²) in [5, 5.41) is 10.9. The average Bonchev–Trinajstić information content (AvgIpc) is 2.79. The van der Waals surface area contributed by atoms with Gasteiger partial charge in [0.2, 0.25) is 0 Å². The third-order valence-corrected chi connectivity index (χ3v) is 5.79. The van der Waals surface area contributed by atoms with Crippen molar-refractivity contribution in [3.8, 4) is 0 Å². The topological polar surface area (TPSA) is 50.8 Å². The number of rotatable bonds is 6. The van der Waals surface area contributed by atoms with E-state index in [0.29, 0.717) is 5.92 Å². The molecule has 0 atom stereocenters. The molecule has 5 heteroatoms. The van der Waals surface area contributed by atoms with Gasteiger partial charge in [-0.3, -0.25) is 10.1 Å². The van der Waals surface area contributed by atoms with E-state index in [2.05, 4.69) is 65.6 Å². The molecule has 4 rings (SSSR count). The minimum Gasteiger partial charge on any atom is -0.360 e. The van der Waals surface area contributed by atoms with Gasteiger partial charge in [-0.2, -0.15) is 0 Å². The fourth-order valence-electron chi connectivity index (χ4n) is 4.16. The molecule has 0 saturated carbocycles. The molecule has 3 aromatic carbocycles. The molecular formula is C24H26N3O2+. The van der Waals surface area contributed by atoms with E-state index in [-0.39, 0.29) is 10.6 Å². The van der Waals surface area contributed by atoms with Crippen molar-refractivity contribution in [3.05, 3.63) is 106 Å². The van der Waals surface area contributed by atoms with Gasteiger partial charge in [-0.05, 0) is 23.3 Å². The first kappa shape index (κ1) is 19.2. The van der Waals surface area contributed by atoms with E-state index < -0.39 is 0 Å². The van der Waals surface area contributed by atoms with Crippen molar-refractivity contribution in [1.82, 2.24) is 0 Å². The van der Waals surface area contributed by atoms with Crippen molar-refractivity contribution in [2.45, 2.75) is 5.92 Å². The molecule has 5 nitrogen and oxygen atoms in total. The fourth-order valence-corrected chi connectivity index (χ4v) is 4.16. The van der Waals surface area contributed by atoms with Crippen molar-refractivity contribution in [1.29, 1.82) is 0 Å². The second kappa shape index (κ2) is 8.88. The second-order valence-corrected chi connectivity index (χ2v) is 7.59. The minimum absolute atomic E-state index is 0.145. The summed E-state index contributed by atoms with van der Waals surface area (Å²) < 4.78 is 0. The number of nitro benzene ring substituents is 1. The Morgan fingerprint density at radius 3 is 1.83 bits per heavy atom. The molecular weight excluding hydrogens is 362 g/mol. The van der Waals surface area contributed by atoms with Gasteiger partial charge in [0.25, 0.3) is 5.69 Å². The van der Waals surface area contributed by atoms with Crippen LogP contribution in [0.4, 0.5) is 11.4 Å². The zero-order valence-corrected chi connectivity index (χ0v) is 16.4. The van der Waals surface area contributed by atoms with Gasteiger partial charge in [-0.15, -0.1) is 0 Å². The number of piperazine rings is 1. The summed E-state index contributed by atoms with van der Waals surface area (Å²) in [6.07, 6.45) is 0. The summed E-state index contributed by atoms with van der Waals surface area (Å²) in [4.78, 5) is 14.4. The van der Waals surface area contributed by atoms with Crippen LogP contribution < -0.4 is 9.80 Å². The first-order valence-corrected chi connectivity index (χ1v) is 10.1. The van der Waals surface area contributed by atoms with Crippen molar-refractivity contribution in [2.24, 2.45) is 0 Å². The van der Waals surface area contributed by atoms with Crippen LogP contribution in [0, 0.1) is 10.1 Å². The third-order valence-electron chi connectivity index (χ3n) is 5.79. The second-order valence-electron chi connectivity index (χ2n) is 7.59. The minimum atomic E-state index is -0.348.